The summed E-state index contributed by atoms with van der Waals surface area (Å²) in [5.74, 6) is 0.617. The van der Waals surface area contributed by atoms with E-state index in [0.717, 1.165) is 5.56 Å². The highest BCUT2D eigenvalue weighted by molar-refractivity contribution is 7.91. The SMILES string of the molecule is Cc1ccc(S(=O)(=O)OCCC2CCS(=O)(=O)CC2)cc1. The molecule has 1 aliphatic heterocycles. The predicted molar refractivity (Wildman–Crippen MR) is 80.3 cm³/mol. The molecule has 21 heavy (non-hydrogen) atoms. The lowest BCUT2D eigenvalue weighted by molar-refractivity contribution is 0.273. The Morgan fingerprint density at radius 2 is 1.71 bits per heavy atom. The maximum absolute atomic E-state index is 12.0. The van der Waals surface area contributed by atoms with Crippen molar-refractivity contribution in [2.75, 3.05) is 18.1 Å². The zero-order chi connectivity index (χ0) is 15.5. The summed E-state index contributed by atoms with van der Waals surface area (Å²) in [6.45, 7) is 1.98. The quantitative estimate of drug-likeness (QED) is 0.770. The van der Waals surface area contributed by atoms with Crippen molar-refractivity contribution in [3.63, 3.8) is 0 Å². The molecular weight excluding hydrogens is 312 g/mol. The Bertz CT molecular complexity index is 661. The molecular formula is C14H20O5S2. The van der Waals surface area contributed by atoms with Gasteiger partial charge in [0.1, 0.15) is 9.84 Å². The van der Waals surface area contributed by atoms with Gasteiger partial charge in [0.15, 0.2) is 0 Å². The number of rotatable bonds is 5. The van der Waals surface area contributed by atoms with E-state index in [1.807, 2.05) is 6.92 Å². The van der Waals surface area contributed by atoms with Gasteiger partial charge in [0.2, 0.25) is 0 Å². The molecule has 1 heterocycles. The van der Waals surface area contributed by atoms with Crippen molar-refractivity contribution in [3.8, 4) is 0 Å². The Morgan fingerprint density at radius 3 is 2.29 bits per heavy atom. The minimum atomic E-state index is -3.72. The molecule has 0 aromatic heterocycles. The van der Waals surface area contributed by atoms with Crippen molar-refractivity contribution in [1.82, 2.24) is 0 Å². The molecule has 0 amide bonds. The first-order valence-corrected chi connectivity index (χ1v) is 10.2. The fourth-order valence-electron chi connectivity index (χ4n) is 2.32. The molecule has 0 aliphatic carbocycles. The number of benzene rings is 1. The van der Waals surface area contributed by atoms with E-state index >= 15 is 0 Å². The van der Waals surface area contributed by atoms with Crippen LogP contribution < -0.4 is 0 Å². The van der Waals surface area contributed by atoms with Gasteiger partial charge in [-0.15, -0.1) is 0 Å². The third-order valence-corrected chi connectivity index (χ3v) is 6.79. The summed E-state index contributed by atoms with van der Waals surface area (Å²) in [7, 11) is -6.59. The van der Waals surface area contributed by atoms with Gasteiger partial charge in [-0.25, -0.2) is 8.42 Å². The molecule has 0 unspecified atom stereocenters. The Labute approximate surface area is 126 Å². The zero-order valence-corrected chi connectivity index (χ0v) is 13.6. The lowest BCUT2D eigenvalue weighted by atomic mass is 10.00. The highest BCUT2D eigenvalue weighted by atomic mass is 32.2. The molecule has 1 saturated heterocycles. The lowest BCUT2D eigenvalue weighted by Crippen LogP contribution is -2.24. The second-order valence-corrected chi connectivity index (χ2v) is 9.39. The van der Waals surface area contributed by atoms with E-state index in [1.165, 1.54) is 12.1 Å². The third kappa shape index (κ3) is 4.79. The molecule has 0 saturated carbocycles. The molecule has 0 N–H and O–H groups in total. The number of hydrogen-bond donors (Lipinski definition) is 0. The first-order valence-electron chi connectivity index (χ1n) is 6.95. The second-order valence-electron chi connectivity index (χ2n) is 5.47. The first kappa shape index (κ1) is 16.5. The van der Waals surface area contributed by atoms with Crippen LogP contribution in [0.4, 0.5) is 0 Å². The van der Waals surface area contributed by atoms with E-state index in [2.05, 4.69) is 0 Å². The van der Waals surface area contributed by atoms with E-state index < -0.39 is 20.0 Å². The molecule has 118 valence electrons. The van der Waals surface area contributed by atoms with Gasteiger partial charge in [-0.1, -0.05) is 17.7 Å². The van der Waals surface area contributed by atoms with Crippen LogP contribution in [0.15, 0.2) is 29.2 Å². The van der Waals surface area contributed by atoms with Gasteiger partial charge in [0.05, 0.1) is 23.0 Å². The summed E-state index contributed by atoms with van der Waals surface area (Å²) in [5, 5.41) is 0. The molecule has 0 radical (unpaired) electrons. The minimum Gasteiger partial charge on any atom is -0.266 e. The van der Waals surface area contributed by atoms with E-state index in [9.17, 15) is 16.8 Å². The summed E-state index contributed by atoms with van der Waals surface area (Å²) < 4.78 is 51.6. The number of hydrogen-bond acceptors (Lipinski definition) is 5. The average Bonchev–Trinajstić information content (AvgIpc) is 2.41. The zero-order valence-electron chi connectivity index (χ0n) is 12.0. The highest BCUT2D eigenvalue weighted by Gasteiger charge is 2.24. The Balaban J connectivity index is 1.84. The van der Waals surface area contributed by atoms with Crippen LogP contribution in [0.3, 0.4) is 0 Å². The molecule has 1 aromatic rings. The summed E-state index contributed by atoms with van der Waals surface area (Å²) >= 11 is 0. The van der Waals surface area contributed by atoms with Crippen molar-refractivity contribution in [2.45, 2.75) is 31.1 Å². The van der Waals surface area contributed by atoms with Crippen molar-refractivity contribution in [2.24, 2.45) is 5.92 Å². The number of aryl methyl sites for hydroxylation is 1. The van der Waals surface area contributed by atoms with Crippen molar-refractivity contribution >= 4 is 20.0 Å². The van der Waals surface area contributed by atoms with Gasteiger partial charge in [0, 0.05) is 0 Å². The molecule has 1 aliphatic rings. The molecule has 1 fully saturated rings. The van der Waals surface area contributed by atoms with E-state index in [1.54, 1.807) is 12.1 Å². The van der Waals surface area contributed by atoms with Crippen LogP contribution in [0.2, 0.25) is 0 Å². The Kier molecular flexibility index (Phi) is 5.06. The average molecular weight is 332 g/mol. The fourth-order valence-corrected chi connectivity index (χ4v) is 4.84. The monoisotopic (exact) mass is 332 g/mol. The van der Waals surface area contributed by atoms with E-state index in [0.29, 0.717) is 19.3 Å². The topological polar surface area (TPSA) is 77.5 Å². The maximum Gasteiger partial charge on any atom is 0.296 e. The van der Waals surface area contributed by atoms with Crippen LogP contribution in [0, 0.1) is 12.8 Å². The predicted octanol–water partition coefficient (Wildman–Crippen LogP) is 1.92. The number of sulfone groups is 1. The second kappa shape index (κ2) is 6.46. The third-order valence-electron chi connectivity index (χ3n) is 3.75. The molecule has 1 aromatic carbocycles. The van der Waals surface area contributed by atoms with Crippen LogP contribution in [-0.2, 0) is 24.1 Å². The largest absolute Gasteiger partial charge is 0.296 e. The summed E-state index contributed by atoms with van der Waals surface area (Å²) in [5.41, 5.74) is 0.984. The summed E-state index contributed by atoms with van der Waals surface area (Å²) in [6.07, 6.45) is 1.76. The van der Waals surface area contributed by atoms with Crippen LogP contribution >= 0.6 is 0 Å². The van der Waals surface area contributed by atoms with Gasteiger partial charge >= 0.3 is 0 Å². The van der Waals surface area contributed by atoms with Gasteiger partial charge in [-0.3, -0.25) is 4.18 Å². The van der Waals surface area contributed by atoms with Gasteiger partial charge in [-0.2, -0.15) is 8.42 Å². The van der Waals surface area contributed by atoms with Crippen molar-refractivity contribution in [1.29, 1.82) is 0 Å². The van der Waals surface area contributed by atoms with Gasteiger partial charge < -0.3 is 0 Å². The van der Waals surface area contributed by atoms with Crippen molar-refractivity contribution in [3.05, 3.63) is 29.8 Å². The highest BCUT2D eigenvalue weighted by Crippen LogP contribution is 2.23. The molecule has 7 heteroatoms. The fraction of sp³-hybridized carbons (Fsp3) is 0.571. The van der Waals surface area contributed by atoms with E-state index in [4.69, 9.17) is 4.18 Å². The van der Waals surface area contributed by atoms with E-state index in [-0.39, 0.29) is 28.9 Å². The maximum atomic E-state index is 12.0. The molecule has 0 atom stereocenters. The molecule has 5 nitrogen and oxygen atoms in total. The van der Waals surface area contributed by atoms with Gasteiger partial charge in [-0.05, 0) is 44.2 Å². The standard InChI is InChI=1S/C14H20O5S2/c1-12-2-4-14(5-3-12)21(17,18)19-9-6-13-7-10-20(15,16)11-8-13/h2-5,13H,6-11H2,1H3. The summed E-state index contributed by atoms with van der Waals surface area (Å²) in [6, 6.07) is 6.50. The summed E-state index contributed by atoms with van der Waals surface area (Å²) in [4.78, 5) is 0.152. The van der Waals surface area contributed by atoms with Gasteiger partial charge in [0.25, 0.3) is 10.1 Å². The van der Waals surface area contributed by atoms with Crippen LogP contribution in [0.1, 0.15) is 24.8 Å². The van der Waals surface area contributed by atoms with Crippen LogP contribution in [-0.4, -0.2) is 34.9 Å². The normalized spacial score (nSPS) is 19.5. The van der Waals surface area contributed by atoms with Crippen LogP contribution in [0.25, 0.3) is 0 Å². The molecule has 2 rings (SSSR count). The molecule has 0 bridgehead atoms. The smallest absolute Gasteiger partial charge is 0.266 e. The minimum absolute atomic E-state index is 0.0981. The lowest BCUT2D eigenvalue weighted by Gasteiger charge is -2.21. The molecule has 0 spiro atoms. The first-order chi connectivity index (χ1) is 9.78. The Morgan fingerprint density at radius 1 is 1.14 bits per heavy atom. The van der Waals surface area contributed by atoms with Crippen molar-refractivity contribution < 1.29 is 21.0 Å². The Hall–Kier alpha value is -0.920. The van der Waals surface area contributed by atoms with Crippen LogP contribution in [0.5, 0.6) is 0 Å².